The minimum Gasteiger partial charge on any atom is -0.497 e. The van der Waals surface area contributed by atoms with Crippen molar-refractivity contribution in [1.29, 1.82) is 0 Å². The molecule has 3 rings (SSSR count). The van der Waals surface area contributed by atoms with Crippen molar-refractivity contribution in [2.24, 2.45) is 0 Å². The number of piperidine rings is 1. The molecular formula is C24H32N2O3. The van der Waals surface area contributed by atoms with Crippen molar-refractivity contribution >= 4 is 5.91 Å². The van der Waals surface area contributed by atoms with E-state index in [1.54, 1.807) is 7.11 Å². The Morgan fingerprint density at radius 3 is 2.86 bits per heavy atom. The molecule has 2 aromatic carbocycles. The van der Waals surface area contributed by atoms with Gasteiger partial charge in [0.1, 0.15) is 11.5 Å². The third-order valence-electron chi connectivity index (χ3n) is 5.45. The first-order valence-corrected chi connectivity index (χ1v) is 10.5. The molecule has 1 atom stereocenters. The first-order chi connectivity index (χ1) is 14.1. The van der Waals surface area contributed by atoms with Gasteiger partial charge in [0, 0.05) is 37.2 Å². The van der Waals surface area contributed by atoms with E-state index in [0.717, 1.165) is 43.0 Å². The monoisotopic (exact) mass is 396 g/mol. The summed E-state index contributed by atoms with van der Waals surface area (Å²) >= 11 is 0. The molecular weight excluding hydrogens is 364 g/mol. The molecule has 1 aliphatic rings. The fourth-order valence-electron chi connectivity index (χ4n) is 3.91. The summed E-state index contributed by atoms with van der Waals surface area (Å²) in [6.45, 7) is 7.23. The number of methoxy groups -OCH3 is 1. The second-order valence-corrected chi connectivity index (χ2v) is 7.60. The number of rotatable bonds is 8. The number of hydrogen-bond acceptors (Lipinski definition) is 4. The zero-order valence-corrected chi connectivity index (χ0v) is 17.7. The number of amides is 1. The summed E-state index contributed by atoms with van der Waals surface area (Å²) < 4.78 is 11.0. The second-order valence-electron chi connectivity index (χ2n) is 7.60. The molecule has 1 heterocycles. The van der Waals surface area contributed by atoms with E-state index >= 15 is 0 Å². The van der Waals surface area contributed by atoms with Gasteiger partial charge >= 0.3 is 0 Å². The van der Waals surface area contributed by atoms with Gasteiger partial charge in [-0.25, -0.2) is 0 Å². The van der Waals surface area contributed by atoms with Crippen LogP contribution in [-0.4, -0.2) is 44.2 Å². The Kier molecular flexibility index (Phi) is 7.53. The van der Waals surface area contributed by atoms with Gasteiger partial charge in [0.2, 0.25) is 5.91 Å². The van der Waals surface area contributed by atoms with Crippen molar-refractivity contribution in [3.63, 3.8) is 0 Å². The van der Waals surface area contributed by atoms with Gasteiger partial charge < -0.3 is 19.7 Å². The molecule has 0 bridgehead atoms. The van der Waals surface area contributed by atoms with Crippen molar-refractivity contribution in [3.05, 3.63) is 59.2 Å². The first kappa shape index (κ1) is 21.2. The summed E-state index contributed by atoms with van der Waals surface area (Å²) in [5.41, 5.74) is 3.64. The fraction of sp³-hybridized carbons (Fsp3) is 0.458. The van der Waals surface area contributed by atoms with Gasteiger partial charge in [-0.2, -0.15) is 0 Å². The highest BCUT2D eigenvalue weighted by Gasteiger charge is 2.24. The largest absolute Gasteiger partial charge is 0.497 e. The molecule has 0 spiro atoms. The standard InChI is InChI=1S/C24H32N2O3/c1-4-29-23-14-22(28-3)11-10-20(23)15-25-16-24(27)26-12-6-9-21(17-26)19-8-5-7-18(2)13-19/h5,7-8,10-11,13-14,21,25H,4,6,9,12,15-17H2,1-3H3. The first-order valence-electron chi connectivity index (χ1n) is 10.5. The quantitative estimate of drug-likeness (QED) is 0.735. The van der Waals surface area contributed by atoms with Crippen LogP contribution in [-0.2, 0) is 11.3 Å². The van der Waals surface area contributed by atoms with Crippen LogP contribution < -0.4 is 14.8 Å². The van der Waals surface area contributed by atoms with Crippen LogP contribution in [0.5, 0.6) is 11.5 Å². The van der Waals surface area contributed by atoms with E-state index in [2.05, 4.69) is 36.5 Å². The van der Waals surface area contributed by atoms with Gasteiger partial charge in [0.25, 0.3) is 0 Å². The topological polar surface area (TPSA) is 50.8 Å². The Hall–Kier alpha value is -2.53. The lowest BCUT2D eigenvalue weighted by Crippen LogP contribution is -2.43. The summed E-state index contributed by atoms with van der Waals surface area (Å²) in [6.07, 6.45) is 2.20. The SMILES string of the molecule is CCOc1cc(OC)ccc1CNCC(=O)N1CCCC(c2cccc(C)c2)C1. The minimum absolute atomic E-state index is 0.161. The number of nitrogens with zero attached hydrogens (tertiary/aromatic N) is 1. The fourth-order valence-corrected chi connectivity index (χ4v) is 3.91. The third-order valence-corrected chi connectivity index (χ3v) is 5.45. The van der Waals surface area contributed by atoms with Crippen molar-refractivity contribution in [1.82, 2.24) is 10.2 Å². The van der Waals surface area contributed by atoms with Crippen LogP contribution >= 0.6 is 0 Å². The molecule has 1 aliphatic heterocycles. The molecule has 156 valence electrons. The van der Waals surface area contributed by atoms with Crippen LogP contribution in [0.4, 0.5) is 0 Å². The minimum atomic E-state index is 0.161. The maximum Gasteiger partial charge on any atom is 0.236 e. The number of benzene rings is 2. The Labute approximate surface area is 174 Å². The Morgan fingerprint density at radius 2 is 2.10 bits per heavy atom. The van der Waals surface area contributed by atoms with Crippen molar-refractivity contribution in [2.75, 3.05) is 33.4 Å². The molecule has 29 heavy (non-hydrogen) atoms. The zero-order chi connectivity index (χ0) is 20.6. The maximum absolute atomic E-state index is 12.8. The zero-order valence-electron chi connectivity index (χ0n) is 17.7. The van der Waals surface area contributed by atoms with Crippen LogP contribution in [0, 0.1) is 6.92 Å². The molecule has 1 fully saturated rings. The van der Waals surface area contributed by atoms with Crippen LogP contribution in [0.25, 0.3) is 0 Å². The lowest BCUT2D eigenvalue weighted by molar-refractivity contribution is -0.131. The molecule has 5 heteroatoms. The number of hydrogen-bond donors (Lipinski definition) is 1. The molecule has 1 saturated heterocycles. The highest BCUT2D eigenvalue weighted by Crippen LogP contribution is 2.28. The summed E-state index contributed by atoms with van der Waals surface area (Å²) in [5, 5.41) is 3.29. The summed E-state index contributed by atoms with van der Waals surface area (Å²) in [7, 11) is 1.64. The van der Waals surface area contributed by atoms with Crippen LogP contribution in [0.3, 0.4) is 0 Å². The third kappa shape index (κ3) is 5.73. The van der Waals surface area contributed by atoms with E-state index in [9.17, 15) is 4.79 Å². The Morgan fingerprint density at radius 1 is 1.24 bits per heavy atom. The van der Waals surface area contributed by atoms with E-state index in [-0.39, 0.29) is 5.91 Å². The van der Waals surface area contributed by atoms with E-state index in [1.165, 1.54) is 11.1 Å². The second kappa shape index (κ2) is 10.3. The number of nitrogens with one attached hydrogen (secondary N) is 1. The van der Waals surface area contributed by atoms with Crippen molar-refractivity contribution < 1.29 is 14.3 Å². The summed E-state index contributed by atoms with van der Waals surface area (Å²) in [4.78, 5) is 14.8. The van der Waals surface area contributed by atoms with Crippen LogP contribution in [0.1, 0.15) is 42.4 Å². The molecule has 1 amide bonds. The van der Waals surface area contributed by atoms with E-state index in [4.69, 9.17) is 9.47 Å². The number of aryl methyl sites for hydroxylation is 1. The maximum atomic E-state index is 12.8. The van der Waals surface area contributed by atoms with Gasteiger partial charge in [-0.3, -0.25) is 4.79 Å². The number of carbonyl (C=O) groups excluding carboxylic acids is 1. The average Bonchev–Trinajstić information content (AvgIpc) is 2.75. The van der Waals surface area contributed by atoms with Crippen LogP contribution in [0.15, 0.2) is 42.5 Å². The Balaban J connectivity index is 1.54. The van der Waals surface area contributed by atoms with Gasteiger partial charge in [0.15, 0.2) is 0 Å². The van der Waals surface area contributed by atoms with Crippen molar-refractivity contribution in [3.8, 4) is 11.5 Å². The molecule has 1 N–H and O–H groups in total. The van der Waals surface area contributed by atoms with Gasteiger partial charge in [0.05, 0.1) is 20.3 Å². The summed E-state index contributed by atoms with van der Waals surface area (Å²) in [6, 6.07) is 14.4. The number of ether oxygens (including phenoxy) is 2. The summed E-state index contributed by atoms with van der Waals surface area (Å²) in [5.74, 6) is 2.15. The molecule has 5 nitrogen and oxygen atoms in total. The smallest absolute Gasteiger partial charge is 0.236 e. The van der Waals surface area contributed by atoms with Crippen molar-refractivity contribution in [2.45, 2.75) is 39.2 Å². The highest BCUT2D eigenvalue weighted by molar-refractivity contribution is 5.78. The van der Waals surface area contributed by atoms with Gasteiger partial charge in [-0.1, -0.05) is 35.9 Å². The number of likely N-dealkylation sites (tertiary alicyclic amines) is 1. The van der Waals surface area contributed by atoms with E-state index in [1.807, 2.05) is 30.0 Å². The molecule has 0 aromatic heterocycles. The molecule has 2 aromatic rings. The lowest BCUT2D eigenvalue weighted by Gasteiger charge is -2.33. The molecule has 0 aliphatic carbocycles. The normalized spacial score (nSPS) is 16.5. The molecule has 0 radical (unpaired) electrons. The average molecular weight is 397 g/mol. The van der Waals surface area contributed by atoms with Gasteiger partial charge in [-0.15, -0.1) is 0 Å². The lowest BCUT2D eigenvalue weighted by atomic mass is 9.90. The highest BCUT2D eigenvalue weighted by atomic mass is 16.5. The van der Waals surface area contributed by atoms with Crippen LogP contribution in [0.2, 0.25) is 0 Å². The Bertz CT molecular complexity index is 822. The van der Waals surface area contributed by atoms with E-state index in [0.29, 0.717) is 25.6 Å². The predicted octanol–water partition coefficient (Wildman–Crippen LogP) is 3.90. The number of carbonyl (C=O) groups is 1. The van der Waals surface area contributed by atoms with E-state index < -0.39 is 0 Å². The predicted molar refractivity (Wildman–Crippen MR) is 116 cm³/mol. The van der Waals surface area contributed by atoms with Gasteiger partial charge in [-0.05, 0) is 38.3 Å². The molecule has 1 unspecified atom stereocenters. The molecule has 0 saturated carbocycles.